The van der Waals surface area contributed by atoms with E-state index in [2.05, 4.69) is 50.3 Å². The SMILES string of the molecule is CCc1cccc(C2=C(C)CCC=C2)c1. The third-order valence-electron chi connectivity index (χ3n) is 3.08. The van der Waals surface area contributed by atoms with Crippen molar-refractivity contribution in [2.24, 2.45) is 0 Å². The van der Waals surface area contributed by atoms with Crippen LogP contribution in [0.1, 0.15) is 37.8 Å². The second-order valence-electron chi connectivity index (χ2n) is 4.19. The van der Waals surface area contributed by atoms with Crippen LogP contribution >= 0.6 is 0 Å². The first-order valence-corrected chi connectivity index (χ1v) is 5.77. The number of allylic oxidation sites excluding steroid dienone is 4. The fourth-order valence-corrected chi connectivity index (χ4v) is 2.08. The zero-order chi connectivity index (χ0) is 10.7. The van der Waals surface area contributed by atoms with Gasteiger partial charge in [-0.15, -0.1) is 0 Å². The molecule has 0 bridgehead atoms. The van der Waals surface area contributed by atoms with Gasteiger partial charge in [0.25, 0.3) is 0 Å². The summed E-state index contributed by atoms with van der Waals surface area (Å²) >= 11 is 0. The van der Waals surface area contributed by atoms with Gasteiger partial charge >= 0.3 is 0 Å². The summed E-state index contributed by atoms with van der Waals surface area (Å²) in [6.07, 6.45) is 8.07. The van der Waals surface area contributed by atoms with Crippen LogP contribution in [0.4, 0.5) is 0 Å². The molecule has 15 heavy (non-hydrogen) atoms. The summed E-state index contributed by atoms with van der Waals surface area (Å²) in [5.74, 6) is 0. The maximum atomic E-state index is 2.31. The normalized spacial score (nSPS) is 15.9. The van der Waals surface area contributed by atoms with Crippen molar-refractivity contribution in [2.45, 2.75) is 33.1 Å². The Morgan fingerprint density at radius 1 is 1.27 bits per heavy atom. The van der Waals surface area contributed by atoms with E-state index in [1.54, 1.807) is 0 Å². The van der Waals surface area contributed by atoms with Crippen LogP contribution in [0, 0.1) is 0 Å². The van der Waals surface area contributed by atoms with Crippen molar-refractivity contribution in [2.75, 3.05) is 0 Å². The summed E-state index contributed by atoms with van der Waals surface area (Å²) in [6.45, 7) is 4.45. The Bertz CT molecular complexity index is 408. The topological polar surface area (TPSA) is 0 Å². The Labute approximate surface area is 92.3 Å². The molecule has 0 unspecified atom stereocenters. The molecule has 0 atom stereocenters. The molecule has 2 rings (SSSR count). The highest BCUT2D eigenvalue weighted by molar-refractivity contribution is 5.77. The Hall–Kier alpha value is -1.30. The lowest BCUT2D eigenvalue weighted by molar-refractivity contribution is 0.967. The summed E-state index contributed by atoms with van der Waals surface area (Å²) < 4.78 is 0. The molecule has 0 N–H and O–H groups in total. The second-order valence-corrected chi connectivity index (χ2v) is 4.19. The monoisotopic (exact) mass is 198 g/mol. The molecule has 0 spiro atoms. The lowest BCUT2D eigenvalue weighted by atomic mass is 9.92. The highest BCUT2D eigenvalue weighted by Crippen LogP contribution is 2.27. The van der Waals surface area contributed by atoms with E-state index in [9.17, 15) is 0 Å². The molecular weight excluding hydrogens is 180 g/mol. The van der Waals surface area contributed by atoms with E-state index < -0.39 is 0 Å². The van der Waals surface area contributed by atoms with Gasteiger partial charge in [0.1, 0.15) is 0 Å². The maximum Gasteiger partial charge on any atom is -0.0182 e. The molecule has 0 aromatic heterocycles. The lowest BCUT2D eigenvalue weighted by Gasteiger charge is -2.13. The predicted molar refractivity (Wildman–Crippen MR) is 66.8 cm³/mol. The van der Waals surface area contributed by atoms with Gasteiger partial charge in [-0.2, -0.15) is 0 Å². The first-order valence-electron chi connectivity index (χ1n) is 5.77. The molecule has 0 saturated heterocycles. The van der Waals surface area contributed by atoms with Crippen LogP contribution in [-0.4, -0.2) is 0 Å². The molecule has 0 heteroatoms. The predicted octanol–water partition coefficient (Wildman–Crippen LogP) is 4.37. The number of benzene rings is 1. The average Bonchev–Trinajstić information content (AvgIpc) is 2.30. The molecule has 0 fully saturated rings. The molecule has 0 saturated carbocycles. The van der Waals surface area contributed by atoms with Gasteiger partial charge in [-0.3, -0.25) is 0 Å². The summed E-state index contributed by atoms with van der Waals surface area (Å²) in [4.78, 5) is 0. The van der Waals surface area contributed by atoms with Gasteiger partial charge in [-0.1, -0.05) is 48.9 Å². The molecule has 0 amide bonds. The Balaban J connectivity index is 2.40. The van der Waals surface area contributed by atoms with Gasteiger partial charge in [0, 0.05) is 0 Å². The van der Waals surface area contributed by atoms with Crippen molar-refractivity contribution in [3.8, 4) is 0 Å². The van der Waals surface area contributed by atoms with Crippen LogP contribution < -0.4 is 0 Å². The Kier molecular flexibility index (Phi) is 3.05. The molecular formula is C15H18. The van der Waals surface area contributed by atoms with Gasteiger partial charge < -0.3 is 0 Å². The van der Waals surface area contributed by atoms with E-state index in [0.717, 1.165) is 6.42 Å². The zero-order valence-corrected chi connectivity index (χ0v) is 9.59. The first-order chi connectivity index (χ1) is 7.31. The highest BCUT2D eigenvalue weighted by atomic mass is 14.1. The van der Waals surface area contributed by atoms with Gasteiger partial charge in [0.15, 0.2) is 0 Å². The maximum absolute atomic E-state index is 2.31. The zero-order valence-electron chi connectivity index (χ0n) is 9.59. The third-order valence-corrected chi connectivity index (χ3v) is 3.08. The summed E-state index contributed by atoms with van der Waals surface area (Å²) in [5, 5.41) is 0. The molecule has 0 radical (unpaired) electrons. The molecule has 1 aliphatic rings. The van der Waals surface area contributed by atoms with Crippen molar-refractivity contribution in [3.63, 3.8) is 0 Å². The Morgan fingerprint density at radius 2 is 2.13 bits per heavy atom. The minimum Gasteiger partial charge on any atom is -0.0836 e. The van der Waals surface area contributed by atoms with Crippen molar-refractivity contribution >= 4 is 5.57 Å². The van der Waals surface area contributed by atoms with Crippen molar-refractivity contribution in [1.82, 2.24) is 0 Å². The highest BCUT2D eigenvalue weighted by Gasteiger charge is 2.06. The average molecular weight is 198 g/mol. The van der Waals surface area contributed by atoms with Crippen molar-refractivity contribution in [1.29, 1.82) is 0 Å². The number of rotatable bonds is 2. The summed E-state index contributed by atoms with van der Waals surface area (Å²) in [5.41, 5.74) is 5.75. The van der Waals surface area contributed by atoms with E-state index in [-0.39, 0.29) is 0 Å². The Morgan fingerprint density at radius 3 is 2.87 bits per heavy atom. The van der Waals surface area contributed by atoms with Crippen LogP contribution in [0.25, 0.3) is 5.57 Å². The van der Waals surface area contributed by atoms with E-state index in [4.69, 9.17) is 0 Å². The smallest absolute Gasteiger partial charge is 0.0182 e. The standard InChI is InChI=1S/C15H18/c1-3-13-8-6-9-14(11-13)15-10-5-4-7-12(15)2/h5-6,8-11H,3-4,7H2,1-2H3. The van der Waals surface area contributed by atoms with E-state index in [1.807, 2.05) is 0 Å². The van der Waals surface area contributed by atoms with Crippen LogP contribution in [-0.2, 0) is 6.42 Å². The molecule has 0 nitrogen and oxygen atoms in total. The molecule has 0 heterocycles. The number of hydrogen-bond donors (Lipinski definition) is 0. The fraction of sp³-hybridized carbons (Fsp3) is 0.333. The lowest BCUT2D eigenvalue weighted by Crippen LogP contribution is -1.92. The summed E-state index contributed by atoms with van der Waals surface area (Å²) in [6, 6.07) is 8.89. The number of hydrogen-bond acceptors (Lipinski definition) is 0. The van der Waals surface area contributed by atoms with E-state index in [1.165, 1.54) is 35.1 Å². The fourth-order valence-electron chi connectivity index (χ4n) is 2.08. The molecule has 1 aromatic carbocycles. The van der Waals surface area contributed by atoms with Crippen LogP contribution in [0.2, 0.25) is 0 Å². The molecule has 1 aromatic rings. The van der Waals surface area contributed by atoms with Gasteiger partial charge in [-0.05, 0) is 42.9 Å². The summed E-state index contributed by atoms with van der Waals surface area (Å²) in [7, 11) is 0. The van der Waals surface area contributed by atoms with Crippen molar-refractivity contribution < 1.29 is 0 Å². The molecule has 0 aliphatic heterocycles. The molecule has 1 aliphatic carbocycles. The minimum absolute atomic E-state index is 1.11. The largest absolute Gasteiger partial charge is 0.0836 e. The van der Waals surface area contributed by atoms with Crippen LogP contribution in [0.3, 0.4) is 0 Å². The van der Waals surface area contributed by atoms with Gasteiger partial charge in [0.2, 0.25) is 0 Å². The van der Waals surface area contributed by atoms with Crippen molar-refractivity contribution in [3.05, 3.63) is 53.1 Å². The third kappa shape index (κ3) is 2.20. The van der Waals surface area contributed by atoms with Crippen LogP contribution in [0.5, 0.6) is 0 Å². The first kappa shape index (κ1) is 10.2. The van der Waals surface area contributed by atoms with E-state index >= 15 is 0 Å². The van der Waals surface area contributed by atoms with Crippen LogP contribution in [0.15, 0.2) is 42.0 Å². The molecule has 78 valence electrons. The van der Waals surface area contributed by atoms with E-state index in [0.29, 0.717) is 0 Å². The minimum atomic E-state index is 1.11. The van der Waals surface area contributed by atoms with Gasteiger partial charge in [-0.25, -0.2) is 0 Å². The second kappa shape index (κ2) is 4.48. The van der Waals surface area contributed by atoms with Gasteiger partial charge in [0.05, 0.1) is 0 Å². The number of aryl methyl sites for hydroxylation is 1. The quantitative estimate of drug-likeness (QED) is 0.662.